The molecule has 1 saturated heterocycles. The third kappa shape index (κ3) is 5.80. The lowest BCUT2D eigenvalue weighted by atomic mass is 9.94. The molecule has 1 heterocycles. The minimum absolute atomic E-state index is 0.714. The molecule has 20 heavy (non-hydrogen) atoms. The zero-order valence-electron chi connectivity index (χ0n) is 13.5. The van der Waals surface area contributed by atoms with Crippen LogP contribution in [0.25, 0.3) is 0 Å². The number of hydrogen-bond acceptors (Lipinski definition) is 3. The summed E-state index contributed by atoms with van der Waals surface area (Å²) in [6, 6.07) is 0. The van der Waals surface area contributed by atoms with Gasteiger partial charge < -0.3 is 15.3 Å². The van der Waals surface area contributed by atoms with Gasteiger partial charge >= 0.3 is 5.97 Å². The topological polar surface area (TPSA) is 52.6 Å². The molecule has 4 nitrogen and oxygen atoms in total. The molecule has 0 aromatic carbocycles. The minimum Gasteiger partial charge on any atom is -0.480 e. The highest BCUT2D eigenvalue weighted by atomic mass is 16.4. The SMILES string of the molecule is CCCNC(C)(CCCCN1CCCC(C)C1)C(=O)O. The third-order valence-corrected chi connectivity index (χ3v) is 4.38. The number of rotatable bonds is 9. The molecule has 2 N–H and O–H groups in total. The minimum atomic E-state index is -0.759. The number of unbranched alkanes of at least 4 members (excludes halogenated alkanes) is 1. The summed E-state index contributed by atoms with van der Waals surface area (Å²) in [5, 5.41) is 12.5. The number of aliphatic carboxylic acids is 1. The lowest BCUT2D eigenvalue weighted by molar-refractivity contribution is -0.144. The van der Waals surface area contributed by atoms with Crippen LogP contribution in [0, 0.1) is 5.92 Å². The van der Waals surface area contributed by atoms with Crippen LogP contribution in [0.15, 0.2) is 0 Å². The molecule has 1 fully saturated rings. The van der Waals surface area contributed by atoms with E-state index in [1.54, 1.807) is 0 Å². The van der Waals surface area contributed by atoms with E-state index in [0.717, 1.165) is 38.3 Å². The number of carboxylic acids is 1. The van der Waals surface area contributed by atoms with Crippen molar-refractivity contribution in [1.82, 2.24) is 10.2 Å². The van der Waals surface area contributed by atoms with Gasteiger partial charge in [-0.3, -0.25) is 4.79 Å². The highest BCUT2D eigenvalue weighted by molar-refractivity contribution is 5.78. The van der Waals surface area contributed by atoms with E-state index in [4.69, 9.17) is 0 Å². The second-order valence-corrected chi connectivity index (χ2v) is 6.57. The average Bonchev–Trinajstić information content (AvgIpc) is 2.41. The molecule has 0 amide bonds. The van der Waals surface area contributed by atoms with E-state index in [1.165, 1.54) is 25.9 Å². The van der Waals surface area contributed by atoms with Crippen LogP contribution in [-0.2, 0) is 4.79 Å². The molecule has 0 aromatic heterocycles. The van der Waals surface area contributed by atoms with Crippen LogP contribution < -0.4 is 5.32 Å². The van der Waals surface area contributed by atoms with Crippen molar-refractivity contribution in [3.63, 3.8) is 0 Å². The standard InChI is InChI=1S/C16H32N2O2/c1-4-10-17-16(3,15(19)20)9-5-6-11-18-12-7-8-14(2)13-18/h14,17H,4-13H2,1-3H3,(H,19,20). The number of hydrogen-bond donors (Lipinski definition) is 2. The molecule has 0 bridgehead atoms. The second kappa shape index (κ2) is 8.63. The molecular formula is C16H32N2O2. The van der Waals surface area contributed by atoms with Crippen LogP contribution in [-0.4, -0.2) is 47.7 Å². The quantitative estimate of drug-likeness (QED) is 0.639. The zero-order valence-corrected chi connectivity index (χ0v) is 13.5. The Hall–Kier alpha value is -0.610. The van der Waals surface area contributed by atoms with Crippen molar-refractivity contribution < 1.29 is 9.90 Å². The molecule has 0 aromatic rings. The van der Waals surface area contributed by atoms with Crippen molar-refractivity contribution in [2.24, 2.45) is 5.92 Å². The van der Waals surface area contributed by atoms with Crippen molar-refractivity contribution in [2.75, 3.05) is 26.2 Å². The van der Waals surface area contributed by atoms with Gasteiger partial charge in [-0.2, -0.15) is 0 Å². The van der Waals surface area contributed by atoms with Crippen LogP contribution in [0.5, 0.6) is 0 Å². The molecule has 2 atom stereocenters. The van der Waals surface area contributed by atoms with Gasteiger partial charge in [-0.05, 0) is 71.0 Å². The fourth-order valence-electron chi connectivity index (χ4n) is 2.98. The number of carboxylic acid groups (broad SMARTS) is 1. The molecule has 2 unspecified atom stereocenters. The van der Waals surface area contributed by atoms with E-state index in [-0.39, 0.29) is 0 Å². The Morgan fingerprint density at radius 2 is 2.20 bits per heavy atom. The van der Waals surface area contributed by atoms with Gasteiger partial charge in [-0.1, -0.05) is 13.8 Å². The first-order valence-corrected chi connectivity index (χ1v) is 8.18. The van der Waals surface area contributed by atoms with Crippen molar-refractivity contribution in [1.29, 1.82) is 0 Å². The first kappa shape index (κ1) is 17.4. The Balaban J connectivity index is 2.24. The van der Waals surface area contributed by atoms with E-state index in [0.29, 0.717) is 6.42 Å². The maximum atomic E-state index is 11.4. The zero-order chi connectivity index (χ0) is 15.0. The van der Waals surface area contributed by atoms with Gasteiger partial charge in [0.1, 0.15) is 5.54 Å². The molecule has 0 radical (unpaired) electrons. The Morgan fingerprint density at radius 3 is 2.80 bits per heavy atom. The third-order valence-electron chi connectivity index (χ3n) is 4.38. The van der Waals surface area contributed by atoms with E-state index in [9.17, 15) is 9.90 Å². The van der Waals surface area contributed by atoms with Crippen LogP contribution in [0.1, 0.15) is 59.3 Å². The van der Waals surface area contributed by atoms with Gasteiger partial charge in [0.25, 0.3) is 0 Å². The fraction of sp³-hybridized carbons (Fsp3) is 0.938. The lowest BCUT2D eigenvalue weighted by Crippen LogP contribution is -2.49. The summed E-state index contributed by atoms with van der Waals surface area (Å²) in [6.45, 7) is 10.5. The number of nitrogens with one attached hydrogen (secondary N) is 1. The van der Waals surface area contributed by atoms with Crippen molar-refractivity contribution >= 4 is 5.97 Å². The Kier molecular flexibility index (Phi) is 7.52. The fourth-order valence-corrected chi connectivity index (χ4v) is 2.98. The predicted molar refractivity (Wildman–Crippen MR) is 83.0 cm³/mol. The number of carbonyl (C=O) groups is 1. The molecular weight excluding hydrogens is 252 g/mol. The molecule has 4 heteroatoms. The molecule has 1 rings (SSSR count). The lowest BCUT2D eigenvalue weighted by Gasteiger charge is -2.31. The smallest absolute Gasteiger partial charge is 0.323 e. The largest absolute Gasteiger partial charge is 0.480 e. The van der Waals surface area contributed by atoms with Crippen LogP contribution in [0.4, 0.5) is 0 Å². The van der Waals surface area contributed by atoms with Gasteiger partial charge in [-0.15, -0.1) is 0 Å². The van der Waals surface area contributed by atoms with Gasteiger partial charge in [-0.25, -0.2) is 0 Å². The summed E-state index contributed by atoms with van der Waals surface area (Å²) in [6.07, 6.45) is 6.43. The average molecular weight is 284 g/mol. The molecule has 1 aliphatic heterocycles. The van der Waals surface area contributed by atoms with Crippen LogP contribution in [0.2, 0.25) is 0 Å². The molecule has 1 aliphatic rings. The predicted octanol–water partition coefficient (Wildman–Crippen LogP) is 2.73. The number of nitrogens with zero attached hydrogens (tertiary/aromatic N) is 1. The Morgan fingerprint density at radius 1 is 1.45 bits per heavy atom. The van der Waals surface area contributed by atoms with E-state index in [1.807, 2.05) is 6.92 Å². The molecule has 0 spiro atoms. The normalized spacial score (nSPS) is 23.4. The van der Waals surface area contributed by atoms with Crippen molar-refractivity contribution in [3.05, 3.63) is 0 Å². The van der Waals surface area contributed by atoms with Gasteiger partial charge in [0, 0.05) is 6.54 Å². The molecule has 118 valence electrons. The summed E-state index contributed by atoms with van der Waals surface area (Å²) in [7, 11) is 0. The maximum absolute atomic E-state index is 11.4. The highest BCUT2D eigenvalue weighted by Crippen LogP contribution is 2.18. The van der Waals surface area contributed by atoms with Crippen molar-refractivity contribution in [3.8, 4) is 0 Å². The Bertz CT molecular complexity index is 296. The summed E-state index contributed by atoms with van der Waals surface area (Å²) in [4.78, 5) is 13.9. The van der Waals surface area contributed by atoms with E-state index < -0.39 is 11.5 Å². The maximum Gasteiger partial charge on any atom is 0.323 e. The van der Waals surface area contributed by atoms with Crippen LogP contribution >= 0.6 is 0 Å². The van der Waals surface area contributed by atoms with E-state index in [2.05, 4.69) is 24.1 Å². The molecule has 0 aliphatic carbocycles. The molecule has 0 saturated carbocycles. The monoisotopic (exact) mass is 284 g/mol. The van der Waals surface area contributed by atoms with E-state index >= 15 is 0 Å². The van der Waals surface area contributed by atoms with Gasteiger partial charge in [0.05, 0.1) is 0 Å². The Labute approximate surface area is 123 Å². The first-order valence-electron chi connectivity index (χ1n) is 8.18. The highest BCUT2D eigenvalue weighted by Gasteiger charge is 2.31. The summed E-state index contributed by atoms with van der Waals surface area (Å²) in [5.41, 5.74) is -0.759. The first-order chi connectivity index (χ1) is 9.48. The van der Waals surface area contributed by atoms with Gasteiger partial charge in [0.15, 0.2) is 0 Å². The summed E-state index contributed by atoms with van der Waals surface area (Å²) >= 11 is 0. The summed E-state index contributed by atoms with van der Waals surface area (Å²) in [5.74, 6) is 0.0943. The number of likely N-dealkylation sites (tertiary alicyclic amines) is 1. The summed E-state index contributed by atoms with van der Waals surface area (Å²) < 4.78 is 0. The van der Waals surface area contributed by atoms with Gasteiger partial charge in [0.2, 0.25) is 0 Å². The van der Waals surface area contributed by atoms with Crippen molar-refractivity contribution in [2.45, 2.75) is 64.8 Å². The van der Waals surface area contributed by atoms with Crippen LogP contribution in [0.3, 0.4) is 0 Å². The second-order valence-electron chi connectivity index (χ2n) is 6.57. The number of piperidine rings is 1.